The molecule has 1 N–H and O–H groups in total. The second-order valence-corrected chi connectivity index (χ2v) is 9.22. The van der Waals surface area contributed by atoms with E-state index in [0.29, 0.717) is 24.9 Å². The van der Waals surface area contributed by atoms with E-state index in [2.05, 4.69) is 30.0 Å². The molecule has 2 aliphatic heterocycles. The first kappa shape index (κ1) is 26.0. The first-order valence-corrected chi connectivity index (χ1v) is 12.2. The number of piperazine rings is 1. The van der Waals surface area contributed by atoms with Gasteiger partial charge in [-0.1, -0.05) is 12.8 Å². The molecule has 0 aromatic carbocycles. The zero-order chi connectivity index (χ0) is 22.2. The third-order valence-electron chi connectivity index (χ3n) is 6.61. The summed E-state index contributed by atoms with van der Waals surface area (Å²) in [4.78, 5) is 28.1. The van der Waals surface area contributed by atoms with E-state index in [9.17, 15) is 4.79 Å². The Balaban J connectivity index is 0.00000306. The Bertz CT molecular complexity index is 772. The fraction of sp³-hybridized carbons (Fsp3) is 0.708. The van der Waals surface area contributed by atoms with Crippen molar-refractivity contribution in [1.82, 2.24) is 25.0 Å². The largest absolute Gasteiger partial charge is 0.477 e. The molecule has 184 valence electrons. The van der Waals surface area contributed by atoms with Crippen LogP contribution < -0.4 is 10.1 Å². The average Bonchev–Trinajstić information content (AvgIpc) is 3.66. The average molecular weight is 571 g/mol. The van der Waals surface area contributed by atoms with Gasteiger partial charge >= 0.3 is 0 Å². The third kappa shape index (κ3) is 8.27. The number of hydrogen-bond acceptors (Lipinski definition) is 5. The maximum Gasteiger partial charge on any atom is 0.236 e. The molecule has 1 aromatic rings. The van der Waals surface area contributed by atoms with E-state index in [1.807, 2.05) is 25.4 Å². The summed E-state index contributed by atoms with van der Waals surface area (Å²) in [7, 11) is 1.83. The number of carbonyl (C=O) groups is 1. The van der Waals surface area contributed by atoms with Crippen LogP contribution in [0.25, 0.3) is 0 Å². The van der Waals surface area contributed by atoms with Crippen LogP contribution in [0.2, 0.25) is 0 Å². The highest BCUT2D eigenvalue weighted by molar-refractivity contribution is 14.0. The minimum atomic E-state index is 0. The van der Waals surface area contributed by atoms with Gasteiger partial charge in [-0.3, -0.25) is 14.7 Å². The van der Waals surface area contributed by atoms with Crippen LogP contribution in [-0.2, 0) is 11.3 Å². The highest BCUT2D eigenvalue weighted by Gasteiger charge is 2.24. The second kappa shape index (κ2) is 13.3. The summed E-state index contributed by atoms with van der Waals surface area (Å²) in [6.45, 7) is 7.37. The van der Waals surface area contributed by atoms with E-state index in [1.165, 1.54) is 25.7 Å². The molecule has 0 spiro atoms. The Labute approximate surface area is 215 Å². The third-order valence-corrected chi connectivity index (χ3v) is 6.61. The highest BCUT2D eigenvalue weighted by atomic mass is 127. The predicted molar refractivity (Wildman–Crippen MR) is 141 cm³/mol. The zero-order valence-electron chi connectivity index (χ0n) is 19.9. The topological polar surface area (TPSA) is 73.3 Å². The van der Waals surface area contributed by atoms with E-state index in [0.717, 1.165) is 76.2 Å². The molecule has 9 heteroatoms. The van der Waals surface area contributed by atoms with Crippen molar-refractivity contribution >= 4 is 35.8 Å². The van der Waals surface area contributed by atoms with Crippen molar-refractivity contribution in [3.05, 3.63) is 23.9 Å². The van der Waals surface area contributed by atoms with Crippen LogP contribution in [0.3, 0.4) is 0 Å². The molecule has 8 nitrogen and oxygen atoms in total. The molecule has 3 fully saturated rings. The lowest BCUT2D eigenvalue weighted by Crippen LogP contribution is -2.54. The molecule has 33 heavy (non-hydrogen) atoms. The number of aromatic nitrogens is 1. The number of amides is 1. The van der Waals surface area contributed by atoms with Gasteiger partial charge in [-0.2, -0.15) is 0 Å². The van der Waals surface area contributed by atoms with Crippen molar-refractivity contribution in [2.45, 2.75) is 45.1 Å². The molecule has 1 amide bonds. The first-order valence-electron chi connectivity index (χ1n) is 12.2. The molecule has 1 aromatic heterocycles. The number of aliphatic imine (C=N–C) groups is 1. The molecule has 0 radical (unpaired) electrons. The summed E-state index contributed by atoms with van der Waals surface area (Å²) in [5.74, 6) is 2.62. The van der Waals surface area contributed by atoms with Crippen molar-refractivity contribution in [3.63, 3.8) is 0 Å². The Morgan fingerprint density at radius 2 is 1.82 bits per heavy atom. The first-order chi connectivity index (χ1) is 15.7. The lowest BCUT2D eigenvalue weighted by molar-refractivity contribution is -0.132. The molecular formula is C24H39IN6O2. The van der Waals surface area contributed by atoms with Gasteiger partial charge in [-0.15, -0.1) is 24.0 Å². The summed E-state index contributed by atoms with van der Waals surface area (Å²) in [6, 6.07) is 4.02. The standard InChI is InChI=1S/C24H38N6O2.HI/c1-25-24(27-17-21-8-9-26-22(16-21)32-19-20-6-7-20)30-14-12-28(13-15-30)18-23(31)29-10-4-2-3-5-11-29;/h8-9,16,20H,2-7,10-15,17-19H2,1H3,(H,25,27);1H. The Kier molecular flexibility index (Phi) is 10.5. The van der Waals surface area contributed by atoms with E-state index in [4.69, 9.17) is 4.74 Å². The molecular weight excluding hydrogens is 531 g/mol. The lowest BCUT2D eigenvalue weighted by atomic mass is 10.2. The fourth-order valence-corrected chi connectivity index (χ4v) is 4.37. The van der Waals surface area contributed by atoms with Gasteiger partial charge in [0.05, 0.1) is 13.2 Å². The fourth-order valence-electron chi connectivity index (χ4n) is 4.37. The molecule has 2 saturated heterocycles. The second-order valence-electron chi connectivity index (χ2n) is 9.22. The van der Waals surface area contributed by atoms with E-state index in [1.54, 1.807) is 0 Å². The molecule has 3 heterocycles. The summed E-state index contributed by atoms with van der Waals surface area (Å²) in [5, 5.41) is 3.47. The van der Waals surface area contributed by atoms with E-state index >= 15 is 0 Å². The number of ether oxygens (including phenoxy) is 1. The number of halogens is 1. The van der Waals surface area contributed by atoms with Gasteiger partial charge in [-0.05, 0) is 43.2 Å². The quantitative estimate of drug-likeness (QED) is 0.309. The number of likely N-dealkylation sites (tertiary alicyclic amines) is 1. The van der Waals surface area contributed by atoms with Crippen LogP contribution >= 0.6 is 24.0 Å². The summed E-state index contributed by atoms with van der Waals surface area (Å²) >= 11 is 0. The lowest BCUT2D eigenvalue weighted by Gasteiger charge is -2.37. The molecule has 0 bridgehead atoms. The van der Waals surface area contributed by atoms with Crippen LogP contribution in [0, 0.1) is 5.92 Å². The van der Waals surface area contributed by atoms with Gasteiger partial charge in [0.2, 0.25) is 11.8 Å². The van der Waals surface area contributed by atoms with Gasteiger partial charge in [0.15, 0.2) is 5.96 Å². The number of carbonyl (C=O) groups excluding carboxylic acids is 1. The zero-order valence-corrected chi connectivity index (χ0v) is 22.2. The van der Waals surface area contributed by atoms with E-state index < -0.39 is 0 Å². The van der Waals surface area contributed by atoms with Crippen LogP contribution in [-0.4, -0.2) is 91.0 Å². The monoisotopic (exact) mass is 570 g/mol. The van der Waals surface area contributed by atoms with Crippen molar-refractivity contribution in [3.8, 4) is 5.88 Å². The minimum Gasteiger partial charge on any atom is -0.477 e. The van der Waals surface area contributed by atoms with Gasteiger partial charge < -0.3 is 19.9 Å². The normalized spacial score (nSPS) is 20.1. The Morgan fingerprint density at radius 1 is 1.09 bits per heavy atom. The SMILES string of the molecule is CN=C(NCc1ccnc(OCC2CC2)c1)N1CCN(CC(=O)N2CCCCCC2)CC1.I. The number of nitrogens with one attached hydrogen (secondary N) is 1. The van der Waals surface area contributed by atoms with Crippen molar-refractivity contribution in [1.29, 1.82) is 0 Å². The number of pyridine rings is 1. The summed E-state index contributed by atoms with van der Waals surface area (Å²) in [5.41, 5.74) is 1.13. The molecule has 1 saturated carbocycles. The molecule has 0 unspecified atom stereocenters. The van der Waals surface area contributed by atoms with Gasteiger partial charge in [0.1, 0.15) is 0 Å². The number of hydrogen-bond donors (Lipinski definition) is 1. The Morgan fingerprint density at radius 3 is 2.48 bits per heavy atom. The van der Waals surface area contributed by atoms with Crippen LogP contribution in [0.5, 0.6) is 5.88 Å². The van der Waals surface area contributed by atoms with E-state index in [-0.39, 0.29) is 24.0 Å². The molecule has 0 atom stereocenters. The number of guanidine groups is 1. The van der Waals surface area contributed by atoms with Crippen molar-refractivity contribution < 1.29 is 9.53 Å². The summed E-state index contributed by atoms with van der Waals surface area (Å²) < 4.78 is 5.80. The Hall–Kier alpha value is -1.62. The highest BCUT2D eigenvalue weighted by Crippen LogP contribution is 2.29. The maximum absolute atomic E-state index is 12.7. The number of nitrogens with zero attached hydrogens (tertiary/aromatic N) is 5. The van der Waals surface area contributed by atoms with Crippen molar-refractivity contribution in [2.24, 2.45) is 10.9 Å². The molecule has 4 rings (SSSR count). The predicted octanol–water partition coefficient (Wildman–Crippen LogP) is 2.58. The van der Waals surface area contributed by atoms with Crippen LogP contribution in [0.4, 0.5) is 0 Å². The van der Waals surface area contributed by atoms with Crippen LogP contribution in [0.15, 0.2) is 23.3 Å². The smallest absolute Gasteiger partial charge is 0.236 e. The van der Waals surface area contributed by atoms with Gasteiger partial charge in [0, 0.05) is 65.1 Å². The van der Waals surface area contributed by atoms with Gasteiger partial charge in [0.25, 0.3) is 0 Å². The minimum absolute atomic E-state index is 0. The number of rotatable bonds is 7. The van der Waals surface area contributed by atoms with Crippen molar-refractivity contribution in [2.75, 3.05) is 59.5 Å². The van der Waals surface area contributed by atoms with Gasteiger partial charge in [-0.25, -0.2) is 4.98 Å². The summed E-state index contributed by atoms with van der Waals surface area (Å²) in [6.07, 6.45) is 9.16. The molecule has 3 aliphatic rings. The van der Waals surface area contributed by atoms with Crippen LogP contribution in [0.1, 0.15) is 44.1 Å². The maximum atomic E-state index is 12.7. The molecule has 1 aliphatic carbocycles.